The molecule has 0 radical (unpaired) electrons. The molecule has 4 rings (SSSR count). The predicted octanol–water partition coefficient (Wildman–Crippen LogP) is 7.44. The van der Waals surface area contributed by atoms with Crippen molar-refractivity contribution in [1.82, 2.24) is 4.57 Å². The third-order valence-electron chi connectivity index (χ3n) is 5.31. The van der Waals surface area contributed by atoms with Crippen molar-refractivity contribution in [3.05, 3.63) is 70.9 Å². The topological polar surface area (TPSA) is 4.93 Å². The lowest BCUT2D eigenvalue weighted by molar-refractivity contribution is 0.564. The van der Waals surface area contributed by atoms with Gasteiger partial charge in [0.25, 0.3) is 0 Å². The van der Waals surface area contributed by atoms with E-state index in [9.17, 15) is 0 Å². The zero-order chi connectivity index (χ0) is 17.6. The molecular weight excluding hydrogens is 334 g/mol. The van der Waals surface area contributed by atoms with E-state index in [4.69, 9.17) is 0 Å². The first kappa shape index (κ1) is 17.4. The van der Waals surface area contributed by atoms with Gasteiger partial charge in [-0.2, -0.15) is 0 Å². The standard InChI is InChI=1S/C24H27NS/c1(3-5-12-20-13-11-19-26-20)2-4-10-18-25-23-16-8-6-14-21(23)22-15-7-9-17-24(22)25/h6-9,11,13-17,19H,1-5,10,12,18H2. The highest BCUT2D eigenvalue weighted by Gasteiger charge is 2.08. The molecule has 4 aromatic rings. The zero-order valence-electron chi connectivity index (χ0n) is 15.4. The molecule has 0 unspecified atom stereocenters. The van der Waals surface area contributed by atoms with Crippen LogP contribution in [0.4, 0.5) is 0 Å². The quantitative estimate of drug-likeness (QED) is 0.273. The van der Waals surface area contributed by atoms with Crippen molar-refractivity contribution < 1.29 is 0 Å². The molecule has 0 N–H and O–H groups in total. The molecule has 0 aliphatic carbocycles. The van der Waals surface area contributed by atoms with Gasteiger partial charge in [0.1, 0.15) is 0 Å². The number of fused-ring (bicyclic) bond motifs is 3. The number of benzene rings is 2. The van der Waals surface area contributed by atoms with Crippen LogP contribution in [0.1, 0.15) is 43.4 Å². The second-order valence-corrected chi connectivity index (χ2v) is 8.17. The molecule has 0 saturated carbocycles. The molecule has 0 saturated heterocycles. The molecule has 0 bridgehead atoms. The number of rotatable bonds is 9. The Balaban J connectivity index is 1.27. The van der Waals surface area contributed by atoms with Gasteiger partial charge in [-0.25, -0.2) is 0 Å². The summed E-state index contributed by atoms with van der Waals surface area (Å²) in [6.07, 6.45) is 9.31. The van der Waals surface area contributed by atoms with E-state index in [2.05, 4.69) is 70.6 Å². The van der Waals surface area contributed by atoms with Gasteiger partial charge in [-0.15, -0.1) is 11.3 Å². The van der Waals surface area contributed by atoms with E-state index in [1.165, 1.54) is 71.6 Å². The minimum absolute atomic E-state index is 1.13. The fraction of sp³-hybridized carbons (Fsp3) is 0.333. The normalized spacial score (nSPS) is 11.5. The fourth-order valence-electron chi connectivity index (χ4n) is 3.98. The monoisotopic (exact) mass is 361 g/mol. The van der Waals surface area contributed by atoms with Crippen molar-refractivity contribution >= 4 is 33.1 Å². The van der Waals surface area contributed by atoms with Crippen molar-refractivity contribution in [2.45, 2.75) is 51.5 Å². The van der Waals surface area contributed by atoms with E-state index in [0.717, 1.165) is 6.54 Å². The van der Waals surface area contributed by atoms with Crippen LogP contribution in [0.5, 0.6) is 0 Å². The molecule has 0 fully saturated rings. The highest BCUT2D eigenvalue weighted by atomic mass is 32.1. The summed E-state index contributed by atoms with van der Waals surface area (Å²) in [6.45, 7) is 1.13. The minimum atomic E-state index is 1.13. The van der Waals surface area contributed by atoms with Crippen LogP contribution < -0.4 is 0 Å². The summed E-state index contributed by atoms with van der Waals surface area (Å²) < 4.78 is 2.52. The summed E-state index contributed by atoms with van der Waals surface area (Å²) in [5, 5.41) is 4.96. The Labute approximate surface area is 160 Å². The van der Waals surface area contributed by atoms with Gasteiger partial charge in [-0.1, -0.05) is 68.1 Å². The first-order valence-corrected chi connectivity index (χ1v) is 10.8. The fourth-order valence-corrected chi connectivity index (χ4v) is 4.73. The molecule has 2 heteroatoms. The molecule has 134 valence electrons. The average Bonchev–Trinajstić information content (AvgIpc) is 3.31. The summed E-state index contributed by atoms with van der Waals surface area (Å²) in [5.74, 6) is 0. The first-order valence-electron chi connectivity index (χ1n) is 9.92. The number of hydrogen-bond acceptors (Lipinski definition) is 1. The lowest BCUT2D eigenvalue weighted by Gasteiger charge is -2.07. The van der Waals surface area contributed by atoms with Gasteiger partial charge in [0.2, 0.25) is 0 Å². The Kier molecular flexibility index (Phi) is 5.71. The van der Waals surface area contributed by atoms with Crippen LogP contribution >= 0.6 is 11.3 Å². The second-order valence-electron chi connectivity index (χ2n) is 7.14. The Morgan fingerprint density at radius 2 is 1.23 bits per heavy atom. The molecule has 0 aliphatic heterocycles. The maximum atomic E-state index is 2.52. The summed E-state index contributed by atoms with van der Waals surface area (Å²) in [7, 11) is 0. The van der Waals surface area contributed by atoms with Gasteiger partial charge in [-0.05, 0) is 42.8 Å². The Bertz CT molecular complexity index is 896. The van der Waals surface area contributed by atoms with Gasteiger partial charge in [0, 0.05) is 33.2 Å². The van der Waals surface area contributed by atoms with E-state index >= 15 is 0 Å². The Hall–Kier alpha value is -2.06. The zero-order valence-corrected chi connectivity index (χ0v) is 16.2. The summed E-state index contributed by atoms with van der Waals surface area (Å²) in [6, 6.07) is 22.1. The summed E-state index contributed by atoms with van der Waals surface area (Å²) >= 11 is 1.89. The molecule has 0 atom stereocenters. The van der Waals surface area contributed by atoms with Gasteiger partial charge in [0.05, 0.1) is 0 Å². The largest absolute Gasteiger partial charge is 0.340 e. The van der Waals surface area contributed by atoms with Crippen LogP contribution in [0.25, 0.3) is 21.8 Å². The van der Waals surface area contributed by atoms with Crippen molar-refractivity contribution in [3.8, 4) is 0 Å². The molecular formula is C24H27NS. The SMILES string of the molecule is c1csc(CCCCCCCCn2c3ccccc3c3ccccc32)c1. The van der Waals surface area contributed by atoms with E-state index in [1.807, 2.05) is 11.3 Å². The summed E-state index contributed by atoms with van der Waals surface area (Å²) in [5.41, 5.74) is 2.76. The van der Waals surface area contributed by atoms with Gasteiger partial charge in [0.15, 0.2) is 0 Å². The second kappa shape index (κ2) is 8.55. The number of hydrogen-bond donors (Lipinski definition) is 0. The third kappa shape index (κ3) is 3.86. The number of para-hydroxylation sites is 2. The lowest BCUT2D eigenvalue weighted by Crippen LogP contribution is -1.97. The van der Waals surface area contributed by atoms with Crippen LogP contribution in [0.3, 0.4) is 0 Å². The maximum Gasteiger partial charge on any atom is 0.0491 e. The number of aryl methyl sites for hydroxylation is 2. The highest BCUT2D eigenvalue weighted by Crippen LogP contribution is 2.29. The third-order valence-corrected chi connectivity index (χ3v) is 6.25. The smallest absolute Gasteiger partial charge is 0.0491 e. The van der Waals surface area contributed by atoms with E-state index in [1.54, 1.807) is 0 Å². The van der Waals surface area contributed by atoms with Crippen molar-refractivity contribution in [1.29, 1.82) is 0 Å². The molecule has 1 nitrogen and oxygen atoms in total. The predicted molar refractivity (Wildman–Crippen MR) is 115 cm³/mol. The first-order chi connectivity index (χ1) is 12.9. The van der Waals surface area contributed by atoms with Crippen molar-refractivity contribution in [3.63, 3.8) is 0 Å². The summed E-state index contributed by atoms with van der Waals surface area (Å²) in [4.78, 5) is 1.54. The van der Waals surface area contributed by atoms with Gasteiger partial charge < -0.3 is 4.57 Å². The minimum Gasteiger partial charge on any atom is -0.340 e. The molecule has 2 heterocycles. The van der Waals surface area contributed by atoms with E-state index in [0.29, 0.717) is 0 Å². The highest BCUT2D eigenvalue weighted by molar-refractivity contribution is 7.09. The molecule has 2 aromatic heterocycles. The Morgan fingerprint density at radius 3 is 1.88 bits per heavy atom. The molecule has 0 aliphatic rings. The number of unbranched alkanes of at least 4 members (excludes halogenated alkanes) is 5. The molecule has 2 aromatic carbocycles. The molecule has 26 heavy (non-hydrogen) atoms. The number of aromatic nitrogens is 1. The van der Waals surface area contributed by atoms with Crippen LogP contribution in [-0.2, 0) is 13.0 Å². The maximum absolute atomic E-state index is 2.52. The van der Waals surface area contributed by atoms with E-state index < -0.39 is 0 Å². The molecule has 0 spiro atoms. The van der Waals surface area contributed by atoms with Crippen LogP contribution in [0.2, 0.25) is 0 Å². The number of nitrogens with zero attached hydrogens (tertiary/aromatic N) is 1. The van der Waals surface area contributed by atoms with Gasteiger partial charge >= 0.3 is 0 Å². The van der Waals surface area contributed by atoms with Crippen LogP contribution in [0, 0.1) is 0 Å². The van der Waals surface area contributed by atoms with Crippen molar-refractivity contribution in [2.24, 2.45) is 0 Å². The Morgan fingerprint density at radius 1 is 0.615 bits per heavy atom. The van der Waals surface area contributed by atoms with E-state index in [-0.39, 0.29) is 0 Å². The lowest BCUT2D eigenvalue weighted by atomic mass is 10.1. The number of thiophene rings is 1. The van der Waals surface area contributed by atoms with Crippen molar-refractivity contribution in [2.75, 3.05) is 0 Å². The van der Waals surface area contributed by atoms with Crippen LogP contribution in [-0.4, -0.2) is 4.57 Å². The molecule has 0 amide bonds. The van der Waals surface area contributed by atoms with Gasteiger partial charge in [-0.3, -0.25) is 0 Å². The average molecular weight is 362 g/mol. The van der Waals surface area contributed by atoms with Crippen LogP contribution in [0.15, 0.2) is 66.0 Å².